The summed E-state index contributed by atoms with van der Waals surface area (Å²) in [6.07, 6.45) is 1.05. The van der Waals surface area contributed by atoms with Crippen molar-refractivity contribution in [1.29, 1.82) is 0 Å². The number of carbonyl (C=O) groups is 1. The fourth-order valence-electron chi connectivity index (χ4n) is 2.43. The van der Waals surface area contributed by atoms with Crippen molar-refractivity contribution < 1.29 is 9.72 Å². The molecule has 146 valence electrons. The number of carbonyl (C=O) groups excluding carboxylic acids is 1. The van der Waals surface area contributed by atoms with Gasteiger partial charge < -0.3 is 11.1 Å². The van der Waals surface area contributed by atoms with Gasteiger partial charge in [0, 0.05) is 24.7 Å². The maximum atomic E-state index is 12.0. The Balaban J connectivity index is 0.00000364. The molecule has 0 saturated heterocycles. The lowest BCUT2D eigenvalue weighted by molar-refractivity contribution is -0.385. The number of hydrogen-bond acceptors (Lipinski definition) is 5. The van der Waals surface area contributed by atoms with E-state index in [9.17, 15) is 19.7 Å². The smallest absolute Gasteiger partial charge is 0.285 e. The third kappa shape index (κ3) is 6.19. The van der Waals surface area contributed by atoms with E-state index in [-0.39, 0.29) is 37.2 Å². The Morgan fingerprint density at radius 1 is 1.19 bits per heavy atom. The summed E-state index contributed by atoms with van der Waals surface area (Å²) in [6, 6.07) is 9.64. The molecule has 1 aromatic carbocycles. The molecule has 0 fully saturated rings. The van der Waals surface area contributed by atoms with Crippen LogP contribution in [0, 0.1) is 10.1 Å². The van der Waals surface area contributed by atoms with Gasteiger partial charge in [-0.25, -0.2) is 0 Å². The molecular weight excluding hydrogens is 372 g/mol. The van der Waals surface area contributed by atoms with Gasteiger partial charge in [0.1, 0.15) is 6.54 Å². The van der Waals surface area contributed by atoms with Gasteiger partial charge in [0.2, 0.25) is 5.91 Å². The largest absolute Gasteiger partial charge is 0.353 e. The Morgan fingerprint density at radius 3 is 2.33 bits per heavy atom. The van der Waals surface area contributed by atoms with E-state index in [1.54, 1.807) is 0 Å². The number of nitro groups is 1. The van der Waals surface area contributed by atoms with E-state index in [4.69, 9.17) is 5.73 Å². The molecule has 1 unspecified atom stereocenters. The average molecular weight is 395 g/mol. The summed E-state index contributed by atoms with van der Waals surface area (Å²) in [5.74, 6) is -0.0185. The molecule has 1 aromatic heterocycles. The van der Waals surface area contributed by atoms with E-state index < -0.39 is 16.4 Å². The van der Waals surface area contributed by atoms with Crippen molar-refractivity contribution in [2.45, 2.75) is 32.4 Å². The molecular formula is C18H23ClN4O4. The van der Waals surface area contributed by atoms with Crippen LogP contribution in [0.2, 0.25) is 0 Å². The number of nitrogens with two attached hydrogens (primary N) is 1. The minimum atomic E-state index is -0.620. The van der Waals surface area contributed by atoms with Gasteiger partial charge in [0.25, 0.3) is 11.2 Å². The Hall–Kier alpha value is -2.71. The molecule has 1 atom stereocenters. The van der Waals surface area contributed by atoms with Crippen molar-refractivity contribution in [2.75, 3.05) is 6.54 Å². The molecule has 1 amide bonds. The second-order valence-corrected chi connectivity index (χ2v) is 6.34. The van der Waals surface area contributed by atoms with Crippen LogP contribution in [0.15, 0.2) is 47.4 Å². The first-order valence-corrected chi connectivity index (χ1v) is 8.25. The van der Waals surface area contributed by atoms with Crippen LogP contribution in [-0.4, -0.2) is 21.9 Å². The SMILES string of the molecule is CC(C)c1ccc(C(N)CNC(=O)Cn2cc([N+](=O)[O-])ccc2=O)cc1.Cl. The molecule has 0 bridgehead atoms. The summed E-state index contributed by atoms with van der Waals surface area (Å²) < 4.78 is 0.996. The molecule has 0 aliphatic rings. The summed E-state index contributed by atoms with van der Waals surface area (Å²) in [5.41, 5.74) is 7.44. The van der Waals surface area contributed by atoms with Crippen LogP contribution < -0.4 is 16.6 Å². The molecule has 0 saturated carbocycles. The highest BCUT2D eigenvalue weighted by molar-refractivity contribution is 5.85. The van der Waals surface area contributed by atoms with Crippen LogP contribution in [0.3, 0.4) is 0 Å². The van der Waals surface area contributed by atoms with E-state index in [1.165, 1.54) is 5.56 Å². The zero-order valence-corrected chi connectivity index (χ0v) is 15.9. The van der Waals surface area contributed by atoms with Crippen LogP contribution in [0.4, 0.5) is 5.69 Å². The Morgan fingerprint density at radius 2 is 1.78 bits per heavy atom. The number of rotatable bonds is 7. The number of amides is 1. The van der Waals surface area contributed by atoms with Crippen LogP contribution in [-0.2, 0) is 11.3 Å². The topological polar surface area (TPSA) is 120 Å². The van der Waals surface area contributed by atoms with Gasteiger partial charge in [-0.1, -0.05) is 38.1 Å². The van der Waals surface area contributed by atoms with Gasteiger partial charge >= 0.3 is 0 Å². The number of nitrogens with one attached hydrogen (secondary N) is 1. The zero-order chi connectivity index (χ0) is 19.3. The van der Waals surface area contributed by atoms with E-state index in [1.807, 2.05) is 24.3 Å². The molecule has 9 heteroatoms. The molecule has 27 heavy (non-hydrogen) atoms. The molecule has 0 aliphatic heterocycles. The van der Waals surface area contributed by atoms with Crippen molar-refractivity contribution in [3.63, 3.8) is 0 Å². The van der Waals surface area contributed by atoms with Gasteiger partial charge in [-0.05, 0) is 17.0 Å². The number of benzene rings is 1. The second kappa shape index (κ2) is 9.84. The summed E-state index contributed by atoms with van der Waals surface area (Å²) >= 11 is 0. The standard InChI is InChI=1S/C18H22N4O4.ClH/c1-12(2)13-3-5-14(6-4-13)16(19)9-20-17(23)11-21-10-15(22(25)26)7-8-18(21)24;/h3-8,10,12,16H,9,11,19H2,1-2H3,(H,20,23);1H. The van der Waals surface area contributed by atoms with Gasteiger partial charge in [0.05, 0.1) is 11.1 Å². The molecule has 2 rings (SSSR count). The molecule has 1 heterocycles. The van der Waals surface area contributed by atoms with Crippen molar-refractivity contribution in [3.8, 4) is 0 Å². The van der Waals surface area contributed by atoms with Crippen LogP contribution in [0.1, 0.15) is 36.9 Å². The number of aromatic nitrogens is 1. The zero-order valence-electron chi connectivity index (χ0n) is 15.1. The van der Waals surface area contributed by atoms with Gasteiger partial charge in [-0.15, -0.1) is 12.4 Å². The van der Waals surface area contributed by atoms with Crippen molar-refractivity contribution in [3.05, 3.63) is 74.2 Å². The summed E-state index contributed by atoms with van der Waals surface area (Å²) in [4.78, 5) is 33.9. The summed E-state index contributed by atoms with van der Waals surface area (Å²) in [5, 5.41) is 13.4. The number of pyridine rings is 1. The van der Waals surface area contributed by atoms with Crippen molar-refractivity contribution in [2.24, 2.45) is 5.73 Å². The first kappa shape index (κ1) is 22.3. The molecule has 0 spiro atoms. The monoisotopic (exact) mass is 394 g/mol. The van der Waals surface area contributed by atoms with Crippen molar-refractivity contribution in [1.82, 2.24) is 9.88 Å². The predicted octanol–water partition coefficient (Wildman–Crippen LogP) is 2.12. The van der Waals surface area contributed by atoms with Crippen LogP contribution >= 0.6 is 12.4 Å². The Bertz CT molecular complexity index is 849. The number of hydrogen-bond donors (Lipinski definition) is 2. The van der Waals surface area contributed by atoms with Gasteiger partial charge in [-0.3, -0.25) is 24.3 Å². The molecule has 2 aromatic rings. The molecule has 3 N–H and O–H groups in total. The second-order valence-electron chi connectivity index (χ2n) is 6.34. The quantitative estimate of drug-likeness (QED) is 0.550. The third-order valence-corrected chi connectivity index (χ3v) is 4.04. The fraction of sp³-hybridized carbons (Fsp3) is 0.333. The predicted molar refractivity (Wildman–Crippen MR) is 105 cm³/mol. The van der Waals surface area contributed by atoms with Crippen LogP contribution in [0.25, 0.3) is 0 Å². The Kier molecular flexibility index (Phi) is 8.14. The van der Waals surface area contributed by atoms with Crippen LogP contribution in [0.5, 0.6) is 0 Å². The lowest BCUT2D eigenvalue weighted by atomic mass is 9.99. The van der Waals surface area contributed by atoms with E-state index in [0.717, 1.165) is 28.5 Å². The normalized spacial score (nSPS) is 11.6. The van der Waals surface area contributed by atoms with E-state index in [0.29, 0.717) is 5.92 Å². The number of halogens is 1. The molecule has 0 aliphatic carbocycles. The Labute approximate surface area is 162 Å². The van der Waals surface area contributed by atoms with Gasteiger partial charge in [0.15, 0.2) is 0 Å². The first-order valence-electron chi connectivity index (χ1n) is 8.25. The average Bonchev–Trinajstić information content (AvgIpc) is 2.61. The highest BCUT2D eigenvalue weighted by atomic mass is 35.5. The summed E-state index contributed by atoms with van der Waals surface area (Å²) in [7, 11) is 0. The molecule has 8 nitrogen and oxygen atoms in total. The highest BCUT2D eigenvalue weighted by Crippen LogP contribution is 2.17. The van der Waals surface area contributed by atoms with E-state index in [2.05, 4.69) is 19.2 Å². The lowest BCUT2D eigenvalue weighted by Crippen LogP contribution is -2.36. The van der Waals surface area contributed by atoms with E-state index >= 15 is 0 Å². The first-order chi connectivity index (χ1) is 12.3. The fourth-order valence-corrected chi connectivity index (χ4v) is 2.43. The minimum absolute atomic E-state index is 0. The third-order valence-electron chi connectivity index (χ3n) is 4.04. The molecule has 0 radical (unpaired) electrons. The highest BCUT2D eigenvalue weighted by Gasteiger charge is 2.12. The maximum Gasteiger partial charge on any atom is 0.285 e. The van der Waals surface area contributed by atoms with Crippen molar-refractivity contribution >= 4 is 24.0 Å². The maximum absolute atomic E-state index is 12.0. The number of nitrogens with zero attached hydrogens (tertiary/aromatic N) is 2. The lowest BCUT2D eigenvalue weighted by Gasteiger charge is -2.15. The summed E-state index contributed by atoms with van der Waals surface area (Å²) in [6.45, 7) is 4.10. The van der Waals surface area contributed by atoms with Gasteiger partial charge in [-0.2, -0.15) is 0 Å². The minimum Gasteiger partial charge on any atom is -0.353 e.